The Morgan fingerprint density at radius 1 is 1.35 bits per heavy atom. The minimum atomic E-state index is -0.117. The van der Waals surface area contributed by atoms with Gasteiger partial charge >= 0.3 is 0 Å². The van der Waals surface area contributed by atoms with Crippen LogP contribution in [-0.2, 0) is 19.4 Å². The molecule has 0 bridgehead atoms. The summed E-state index contributed by atoms with van der Waals surface area (Å²) >= 11 is 1.62. The number of nitrogens with zero attached hydrogens (tertiary/aromatic N) is 2. The van der Waals surface area contributed by atoms with E-state index in [0.717, 1.165) is 29.7 Å². The van der Waals surface area contributed by atoms with Crippen molar-refractivity contribution in [3.63, 3.8) is 0 Å². The molecule has 0 unspecified atom stereocenters. The van der Waals surface area contributed by atoms with E-state index in [4.69, 9.17) is 4.74 Å². The van der Waals surface area contributed by atoms with E-state index in [9.17, 15) is 9.59 Å². The van der Waals surface area contributed by atoms with Crippen molar-refractivity contribution in [1.82, 2.24) is 9.55 Å². The Balaban J connectivity index is 1.67. The van der Waals surface area contributed by atoms with Gasteiger partial charge in [-0.05, 0) is 55.0 Å². The van der Waals surface area contributed by atoms with Gasteiger partial charge in [0.1, 0.15) is 10.6 Å². The van der Waals surface area contributed by atoms with E-state index < -0.39 is 0 Å². The van der Waals surface area contributed by atoms with Gasteiger partial charge < -0.3 is 4.74 Å². The maximum absolute atomic E-state index is 13.0. The first-order chi connectivity index (χ1) is 12.6. The molecule has 1 aliphatic carbocycles. The van der Waals surface area contributed by atoms with Crippen LogP contribution in [0.15, 0.2) is 35.4 Å². The van der Waals surface area contributed by atoms with Gasteiger partial charge in [0.15, 0.2) is 5.78 Å². The Morgan fingerprint density at radius 2 is 2.12 bits per heavy atom. The Hall–Kier alpha value is -2.47. The van der Waals surface area contributed by atoms with Crippen LogP contribution in [0.4, 0.5) is 0 Å². The number of carbonyl (C=O) groups excluding carboxylic acids is 1. The average Bonchev–Trinajstić information content (AvgIpc) is 3.02. The summed E-state index contributed by atoms with van der Waals surface area (Å²) in [6, 6.07) is 6.92. The van der Waals surface area contributed by atoms with Gasteiger partial charge in [0.25, 0.3) is 5.56 Å². The third-order valence-corrected chi connectivity index (χ3v) is 6.17. The fraction of sp³-hybridized carbons (Fsp3) is 0.350. The summed E-state index contributed by atoms with van der Waals surface area (Å²) in [5, 5.41) is 0.710. The molecule has 0 saturated carbocycles. The third-order valence-electron chi connectivity index (χ3n) is 5.01. The molecule has 0 N–H and O–H groups in total. The summed E-state index contributed by atoms with van der Waals surface area (Å²) in [6.07, 6.45) is 4.53. The zero-order valence-corrected chi connectivity index (χ0v) is 15.6. The van der Waals surface area contributed by atoms with E-state index in [1.165, 1.54) is 15.8 Å². The maximum atomic E-state index is 13.0. The largest absolute Gasteiger partial charge is 0.497 e. The summed E-state index contributed by atoms with van der Waals surface area (Å²) in [5.74, 6) is 1.23. The highest BCUT2D eigenvalue weighted by atomic mass is 32.1. The molecule has 0 saturated heterocycles. The number of aryl methyl sites for hydroxylation is 1. The van der Waals surface area contributed by atoms with E-state index in [2.05, 4.69) is 11.9 Å². The molecule has 3 aromatic rings. The summed E-state index contributed by atoms with van der Waals surface area (Å²) in [7, 11) is 1.58. The lowest BCUT2D eigenvalue weighted by atomic mass is 9.89. The van der Waals surface area contributed by atoms with Gasteiger partial charge in [-0.2, -0.15) is 0 Å². The van der Waals surface area contributed by atoms with Crippen molar-refractivity contribution in [1.29, 1.82) is 0 Å². The van der Waals surface area contributed by atoms with Gasteiger partial charge in [-0.15, -0.1) is 11.3 Å². The zero-order valence-electron chi connectivity index (χ0n) is 14.8. The molecule has 0 fully saturated rings. The minimum absolute atomic E-state index is 0.00484. The van der Waals surface area contributed by atoms with Crippen molar-refractivity contribution in [2.45, 2.75) is 32.7 Å². The van der Waals surface area contributed by atoms with Crippen molar-refractivity contribution >= 4 is 27.3 Å². The van der Waals surface area contributed by atoms with Crippen LogP contribution in [0, 0.1) is 5.92 Å². The van der Waals surface area contributed by atoms with E-state index in [0.29, 0.717) is 22.6 Å². The lowest BCUT2D eigenvalue weighted by molar-refractivity contribution is 0.0970. The maximum Gasteiger partial charge on any atom is 0.262 e. The molecule has 26 heavy (non-hydrogen) atoms. The molecule has 0 aliphatic heterocycles. The van der Waals surface area contributed by atoms with Crippen LogP contribution in [0.5, 0.6) is 5.75 Å². The van der Waals surface area contributed by atoms with Gasteiger partial charge in [-0.25, -0.2) is 4.98 Å². The second-order valence-corrected chi connectivity index (χ2v) is 7.94. The number of hydrogen-bond donors (Lipinski definition) is 0. The molecule has 0 spiro atoms. The number of Topliss-reactive ketones (excluding diaryl/α,β-unsaturated/α-hetero) is 1. The van der Waals surface area contributed by atoms with Crippen LogP contribution in [0.1, 0.15) is 34.1 Å². The van der Waals surface area contributed by atoms with Crippen LogP contribution in [0.25, 0.3) is 10.2 Å². The normalized spacial score (nSPS) is 16.5. The molecular weight excluding hydrogens is 348 g/mol. The number of rotatable bonds is 4. The monoisotopic (exact) mass is 368 g/mol. The third kappa shape index (κ3) is 2.94. The van der Waals surface area contributed by atoms with E-state index in [-0.39, 0.29) is 17.9 Å². The van der Waals surface area contributed by atoms with Crippen molar-refractivity contribution in [2.75, 3.05) is 7.11 Å². The Kier molecular flexibility index (Phi) is 4.36. The Morgan fingerprint density at radius 3 is 2.85 bits per heavy atom. The SMILES string of the molecule is COc1ccc(C(=O)Cn2cnc3sc4c(c3c2=O)CC[C@H](C)C4)cc1. The number of fused-ring (bicyclic) bond motifs is 3. The molecule has 1 aliphatic rings. The average molecular weight is 368 g/mol. The first kappa shape index (κ1) is 17.0. The summed E-state index contributed by atoms with van der Waals surface area (Å²) in [6.45, 7) is 2.24. The first-order valence-corrected chi connectivity index (χ1v) is 9.55. The number of hydrogen-bond acceptors (Lipinski definition) is 5. The fourth-order valence-corrected chi connectivity index (χ4v) is 4.84. The number of benzene rings is 1. The van der Waals surface area contributed by atoms with E-state index >= 15 is 0 Å². The molecule has 1 atom stereocenters. The molecule has 4 rings (SSSR count). The number of carbonyl (C=O) groups is 1. The predicted molar refractivity (Wildman–Crippen MR) is 102 cm³/mol. The lowest BCUT2D eigenvalue weighted by Crippen LogP contribution is -2.25. The number of ketones is 1. The highest BCUT2D eigenvalue weighted by Crippen LogP contribution is 2.35. The van der Waals surface area contributed by atoms with Crippen LogP contribution < -0.4 is 10.3 Å². The van der Waals surface area contributed by atoms with Crippen molar-refractivity contribution < 1.29 is 9.53 Å². The number of thiophene rings is 1. The van der Waals surface area contributed by atoms with Crippen molar-refractivity contribution in [3.05, 3.63) is 57.0 Å². The number of aromatic nitrogens is 2. The summed E-state index contributed by atoms with van der Waals surface area (Å²) in [4.78, 5) is 32.0. The quantitative estimate of drug-likeness (QED) is 0.662. The van der Waals surface area contributed by atoms with Gasteiger partial charge in [0, 0.05) is 10.4 Å². The lowest BCUT2D eigenvalue weighted by Gasteiger charge is -2.17. The first-order valence-electron chi connectivity index (χ1n) is 8.73. The molecule has 0 radical (unpaired) electrons. The Labute approximate surface area is 155 Å². The number of ether oxygens (including phenoxy) is 1. The smallest absolute Gasteiger partial charge is 0.262 e. The highest BCUT2D eigenvalue weighted by molar-refractivity contribution is 7.18. The van der Waals surface area contributed by atoms with Crippen LogP contribution in [0.2, 0.25) is 0 Å². The van der Waals surface area contributed by atoms with Crippen LogP contribution in [-0.4, -0.2) is 22.4 Å². The molecule has 6 heteroatoms. The fourth-order valence-electron chi connectivity index (χ4n) is 3.50. The van der Waals surface area contributed by atoms with Gasteiger partial charge in [-0.1, -0.05) is 6.92 Å². The molecule has 0 amide bonds. The second-order valence-electron chi connectivity index (χ2n) is 6.86. The predicted octanol–water partition coefficient (Wildman–Crippen LogP) is 3.47. The van der Waals surface area contributed by atoms with Crippen molar-refractivity contribution in [2.24, 2.45) is 5.92 Å². The molecular formula is C20H20N2O3S. The number of methoxy groups -OCH3 is 1. The van der Waals surface area contributed by atoms with Crippen LogP contribution >= 0.6 is 11.3 Å². The molecule has 2 heterocycles. The standard InChI is InChI=1S/C20H20N2O3S/c1-12-3-8-15-17(9-12)26-19-18(15)20(24)22(11-21-19)10-16(23)13-4-6-14(25-2)7-5-13/h4-7,11-12H,3,8-10H2,1-2H3/t12-/m0/s1. The van der Waals surface area contributed by atoms with Gasteiger partial charge in [-0.3, -0.25) is 14.2 Å². The zero-order chi connectivity index (χ0) is 18.3. The minimum Gasteiger partial charge on any atom is -0.497 e. The Bertz CT molecular complexity index is 1030. The topological polar surface area (TPSA) is 61.2 Å². The van der Waals surface area contributed by atoms with Crippen LogP contribution in [0.3, 0.4) is 0 Å². The van der Waals surface area contributed by atoms with Gasteiger partial charge in [0.2, 0.25) is 0 Å². The van der Waals surface area contributed by atoms with Gasteiger partial charge in [0.05, 0.1) is 25.4 Å². The highest BCUT2D eigenvalue weighted by Gasteiger charge is 2.23. The second kappa shape index (κ2) is 6.68. The molecule has 134 valence electrons. The summed E-state index contributed by atoms with van der Waals surface area (Å²) in [5.41, 5.74) is 1.59. The van der Waals surface area contributed by atoms with Crippen molar-refractivity contribution in [3.8, 4) is 5.75 Å². The van der Waals surface area contributed by atoms with E-state index in [1.807, 2.05) is 0 Å². The summed E-state index contributed by atoms with van der Waals surface area (Å²) < 4.78 is 6.54. The molecule has 5 nitrogen and oxygen atoms in total. The molecule has 2 aromatic heterocycles. The molecule has 1 aromatic carbocycles. The van der Waals surface area contributed by atoms with E-state index in [1.54, 1.807) is 42.7 Å².